The summed E-state index contributed by atoms with van der Waals surface area (Å²) in [6.45, 7) is 0.929. The van der Waals surface area contributed by atoms with Gasteiger partial charge in [0, 0.05) is 41.3 Å². The number of carbonyl (C=O) groups excluding carboxylic acids is 1. The lowest BCUT2D eigenvalue weighted by atomic mass is 10.1. The van der Waals surface area contributed by atoms with Gasteiger partial charge in [-0.05, 0) is 23.3 Å². The Kier molecular flexibility index (Phi) is 5.72. The summed E-state index contributed by atoms with van der Waals surface area (Å²) in [5, 5.41) is 19.0. The molecule has 1 amide bonds. The third-order valence-electron chi connectivity index (χ3n) is 5.34. The second-order valence-electron chi connectivity index (χ2n) is 7.60. The van der Waals surface area contributed by atoms with E-state index in [2.05, 4.69) is 5.32 Å². The second kappa shape index (κ2) is 8.77. The molecule has 0 aliphatic rings. The Hall–Kier alpha value is -4.39. The molecule has 0 radical (unpaired) electrons. The molecule has 0 unspecified atom stereocenters. The van der Waals surface area contributed by atoms with Gasteiger partial charge in [0.25, 0.3) is 5.91 Å². The van der Waals surface area contributed by atoms with E-state index < -0.39 is 0 Å². The first-order chi connectivity index (χ1) is 15.4. The fourth-order valence-electron chi connectivity index (χ4n) is 3.67. The number of nitrogens with two attached hydrogens (primary N) is 2. The van der Waals surface area contributed by atoms with Crippen LogP contribution >= 0.6 is 0 Å². The second-order valence-corrected chi connectivity index (χ2v) is 7.60. The molecule has 7 N–H and O–H groups in total. The van der Waals surface area contributed by atoms with Crippen molar-refractivity contribution in [3.05, 3.63) is 107 Å². The molecule has 4 rings (SSSR count). The quantitative estimate of drug-likeness (QED) is 0.230. The van der Waals surface area contributed by atoms with E-state index in [0.29, 0.717) is 29.8 Å². The van der Waals surface area contributed by atoms with Crippen molar-refractivity contribution >= 4 is 28.5 Å². The van der Waals surface area contributed by atoms with E-state index in [0.717, 1.165) is 22.0 Å². The minimum atomic E-state index is -0.159. The molecule has 4 aromatic rings. The first-order valence-electron chi connectivity index (χ1n) is 10.1. The molecule has 7 nitrogen and oxygen atoms in total. The van der Waals surface area contributed by atoms with E-state index in [4.69, 9.17) is 22.3 Å². The van der Waals surface area contributed by atoms with Crippen LogP contribution in [0.5, 0.6) is 0 Å². The first-order valence-corrected chi connectivity index (χ1v) is 10.1. The van der Waals surface area contributed by atoms with Crippen LogP contribution < -0.4 is 16.8 Å². The maximum Gasteiger partial charge on any atom is 0.253 e. The molecule has 0 aliphatic carbocycles. The van der Waals surface area contributed by atoms with Gasteiger partial charge in [-0.15, -0.1) is 0 Å². The van der Waals surface area contributed by atoms with Crippen LogP contribution in [-0.4, -0.2) is 22.1 Å². The van der Waals surface area contributed by atoms with E-state index in [9.17, 15) is 4.79 Å². The van der Waals surface area contributed by atoms with E-state index in [1.54, 1.807) is 18.2 Å². The van der Waals surface area contributed by atoms with Gasteiger partial charge in [0.1, 0.15) is 11.7 Å². The smallest absolute Gasteiger partial charge is 0.253 e. The molecule has 0 fully saturated rings. The van der Waals surface area contributed by atoms with Crippen LogP contribution in [0.2, 0.25) is 0 Å². The number of fused-ring (bicyclic) bond motifs is 1. The lowest BCUT2D eigenvalue weighted by molar-refractivity contribution is 0.0952. The lowest BCUT2D eigenvalue weighted by Crippen LogP contribution is -2.22. The van der Waals surface area contributed by atoms with E-state index in [1.165, 1.54) is 0 Å². The van der Waals surface area contributed by atoms with Crippen LogP contribution in [-0.2, 0) is 13.1 Å². The average molecular weight is 425 g/mol. The van der Waals surface area contributed by atoms with E-state index in [-0.39, 0.29) is 17.6 Å². The molecule has 0 saturated heterocycles. The van der Waals surface area contributed by atoms with Crippen molar-refractivity contribution < 1.29 is 4.79 Å². The number of hydrogen-bond acceptors (Lipinski definition) is 3. The highest BCUT2D eigenvalue weighted by molar-refractivity contribution is 6.07. The summed E-state index contributed by atoms with van der Waals surface area (Å²) in [5.41, 5.74) is 15.9. The topological polar surface area (TPSA) is 134 Å². The Morgan fingerprint density at radius 2 is 1.56 bits per heavy atom. The molecule has 160 valence electrons. The number of para-hydroxylation sites is 1. The van der Waals surface area contributed by atoms with Crippen LogP contribution in [0.4, 0.5) is 0 Å². The average Bonchev–Trinajstić information content (AvgIpc) is 3.16. The summed E-state index contributed by atoms with van der Waals surface area (Å²) in [4.78, 5) is 13.0. The van der Waals surface area contributed by atoms with Gasteiger partial charge in [-0.1, -0.05) is 60.7 Å². The third-order valence-corrected chi connectivity index (χ3v) is 5.34. The summed E-state index contributed by atoms with van der Waals surface area (Å²) in [6.07, 6.45) is 1.86. The molecule has 1 aromatic heterocycles. The van der Waals surface area contributed by atoms with Crippen molar-refractivity contribution in [1.82, 2.24) is 9.88 Å². The highest BCUT2D eigenvalue weighted by Gasteiger charge is 2.15. The number of carbonyl (C=O) groups is 1. The maximum atomic E-state index is 13.0. The molecule has 3 aromatic carbocycles. The van der Waals surface area contributed by atoms with Crippen LogP contribution in [0.25, 0.3) is 10.9 Å². The summed E-state index contributed by atoms with van der Waals surface area (Å²) in [6, 6.07) is 22.6. The molecule has 1 heterocycles. The predicted octanol–water partition coefficient (Wildman–Crippen LogP) is 3.19. The van der Waals surface area contributed by atoms with Crippen molar-refractivity contribution in [1.29, 1.82) is 10.8 Å². The zero-order chi connectivity index (χ0) is 22.7. The molecule has 32 heavy (non-hydrogen) atoms. The number of nitrogens with zero attached hydrogens (tertiary/aromatic N) is 1. The van der Waals surface area contributed by atoms with E-state index in [1.807, 2.05) is 65.4 Å². The Bertz CT molecular complexity index is 1320. The summed E-state index contributed by atoms with van der Waals surface area (Å²) in [5.74, 6) is -0.115. The van der Waals surface area contributed by atoms with Crippen molar-refractivity contribution in [3.63, 3.8) is 0 Å². The zero-order valence-corrected chi connectivity index (χ0v) is 17.4. The minimum absolute atomic E-state index is 0.0160. The van der Waals surface area contributed by atoms with Crippen LogP contribution in [0.3, 0.4) is 0 Å². The monoisotopic (exact) mass is 424 g/mol. The number of nitrogen functional groups attached to an aromatic ring is 2. The summed E-state index contributed by atoms with van der Waals surface area (Å²) >= 11 is 0. The summed E-state index contributed by atoms with van der Waals surface area (Å²) < 4.78 is 2.03. The Morgan fingerprint density at radius 1 is 0.844 bits per heavy atom. The number of aromatic nitrogens is 1. The molecule has 0 bridgehead atoms. The molecule has 7 heteroatoms. The Balaban J connectivity index is 1.56. The molecular weight excluding hydrogens is 400 g/mol. The molecule has 0 aliphatic heterocycles. The third kappa shape index (κ3) is 4.37. The zero-order valence-electron chi connectivity index (χ0n) is 17.4. The van der Waals surface area contributed by atoms with Crippen molar-refractivity contribution in [2.75, 3.05) is 0 Å². The SMILES string of the molecule is N=C(N)c1ccc(CNC(=O)c2cn(Cc3cccc(C(=N)N)c3)c3ccccc23)cc1. The van der Waals surface area contributed by atoms with Gasteiger partial charge in [-0.3, -0.25) is 15.6 Å². The van der Waals surface area contributed by atoms with Crippen molar-refractivity contribution in [2.24, 2.45) is 11.5 Å². The van der Waals surface area contributed by atoms with Gasteiger partial charge in [0.15, 0.2) is 0 Å². The Labute approximate surface area is 185 Å². The number of amidine groups is 2. The number of benzene rings is 3. The predicted molar refractivity (Wildman–Crippen MR) is 127 cm³/mol. The fourth-order valence-corrected chi connectivity index (χ4v) is 3.67. The van der Waals surface area contributed by atoms with Crippen LogP contribution in [0, 0.1) is 10.8 Å². The highest BCUT2D eigenvalue weighted by atomic mass is 16.1. The lowest BCUT2D eigenvalue weighted by Gasteiger charge is -2.07. The minimum Gasteiger partial charge on any atom is -0.384 e. The van der Waals surface area contributed by atoms with Gasteiger partial charge in [-0.25, -0.2) is 0 Å². The molecular formula is C25H24N6O. The summed E-state index contributed by atoms with van der Waals surface area (Å²) in [7, 11) is 0. The Morgan fingerprint density at radius 3 is 2.28 bits per heavy atom. The molecule has 0 saturated carbocycles. The molecule has 0 spiro atoms. The van der Waals surface area contributed by atoms with Gasteiger partial charge >= 0.3 is 0 Å². The van der Waals surface area contributed by atoms with Gasteiger partial charge < -0.3 is 21.4 Å². The van der Waals surface area contributed by atoms with Gasteiger partial charge in [-0.2, -0.15) is 0 Å². The number of amides is 1. The number of hydrogen-bond donors (Lipinski definition) is 5. The van der Waals surface area contributed by atoms with Crippen molar-refractivity contribution in [3.8, 4) is 0 Å². The maximum absolute atomic E-state index is 13.0. The molecule has 0 atom stereocenters. The largest absolute Gasteiger partial charge is 0.384 e. The standard InChI is InChI=1S/C25H24N6O/c26-23(27)18-10-8-16(9-11-18)13-30-25(32)21-15-31(22-7-2-1-6-20(21)22)14-17-4-3-5-19(12-17)24(28)29/h1-12,15H,13-14H2,(H3,26,27)(H3,28,29)(H,30,32). The van der Waals surface area contributed by atoms with E-state index >= 15 is 0 Å². The number of rotatable bonds is 7. The first kappa shape index (κ1) is 20.9. The van der Waals surface area contributed by atoms with Gasteiger partial charge in [0.2, 0.25) is 0 Å². The van der Waals surface area contributed by atoms with Crippen LogP contribution in [0.15, 0.2) is 79.0 Å². The fraction of sp³-hybridized carbons (Fsp3) is 0.0800. The van der Waals surface area contributed by atoms with Crippen molar-refractivity contribution in [2.45, 2.75) is 13.1 Å². The normalized spacial score (nSPS) is 10.8. The highest BCUT2D eigenvalue weighted by Crippen LogP contribution is 2.23. The number of nitrogens with one attached hydrogen (secondary N) is 3. The van der Waals surface area contributed by atoms with Crippen LogP contribution in [0.1, 0.15) is 32.6 Å². The van der Waals surface area contributed by atoms with Gasteiger partial charge in [0.05, 0.1) is 5.56 Å².